The molecule has 0 fully saturated rings. The number of methoxy groups -OCH3 is 1. The molecule has 2 N–H and O–H groups in total. The molecule has 3 rings (SSSR count). The van der Waals surface area contributed by atoms with Gasteiger partial charge in [0.1, 0.15) is 10.6 Å². The van der Waals surface area contributed by atoms with Crippen molar-refractivity contribution < 1.29 is 9.26 Å². The van der Waals surface area contributed by atoms with E-state index in [0.717, 1.165) is 22.6 Å². The molecule has 1 aromatic carbocycles. The van der Waals surface area contributed by atoms with Crippen molar-refractivity contribution in [3.05, 3.63) is 30.0 Å². The maximum Gasteiger partial charge on any atom is 0.270 e. The quantitative estimate of drug-likeness (QED) is 0.797. The number of para-hydroxylation sites is 1. The van der Waals surface area contributed by atoms with Gasteiger partial charge in [0.05, 0.1) is 18.4 Å². The minimum absolute atomic E-state index is 0.432. The maximum atomic E-state index is 5.75. The smallest absolute Gasteiger partial charge is 0.270 e. The number of aromatic nitrogens is 3. The zero-order valence-electron chi connectivity index (χ0n) is 11.7. The molecule has 0 radical (unpaired) electrons. The summed E-state index contributed by atoms with van der Waals surface area (Å²) in [7, 11) is 1.61. The first-order chi connectivity index (χ1) is 10.2. The van der Waals surface area contributed by atoms with E-state index in [9.17, 15) is 0 Å². The van der Waals surface area contributed by atoms with Crippen molar-refractivity contribution in [3.8, 4) is 27.9 Å². The molecule has 6 nitrogen and oxygen atoms in total. The molecule has 0 aliphatic heterocycles. The van der Waals surface area contributed by atoms with Gasteiger partial charge in [-0.05, 0) is 18.6 Å². The predicted octanol–water partition coefficient (Wildman–Crippen LogP) is 3.01. The lowest BCUT2D eigenvalue weighted by Gasteiger charge is -2.02. The Balaban J connectivity index is 2.04. The van der Waals surface area contributed by atoms with E-state index in [1.54, 1.807) is 7.11 Å². The van der Waals surface area contributed by atoms with Gasteiger partial charge in [-0.15, -0.1) is 0 Å². The van der Waals surface area contributed by atoms with E-state index in [2.05, 4.69) is 15.1 Å². The Morgan fingerprint density at radius 3 is 2.86 bits per heavy atom. The average Bonchev–Trinajstić information content (AvgIpc) is 3.13. The Kier molecular flexibility index (Phi) is 3.57. The molecular formula is C14H14N4O2S. The zero-order valence-corrected chi connectivity index (χ0v) is 12.5. The summed E-state index contributed by atoms with van der Waals surface area (Å²) in [5.41, 5.74) is 7.40. The minimum Gasteiger partial charge on any atom is -0.496 e. The molecule has 0 saturated heterocycles. The van der Waals surface area contributed by atoms with E-state index >= 15 is 0 Å². The topological polar surface area (TPSA) is 87.1 Å². The molecule has 21 heavy (non-hydrogen) atoms. The van der Waals surface area contributed by atoms with Gasteiger partial charge >= 0.3 is 0 Å². The van der Waals surface area contributed by atoms with Crippen LogP contribution in [0.15, 0.2) is 28.8 Å². The summed E-state index contributed by atoms with van der Waals surface area (Å²) in [5.74, 6) is 1.61. The van der Waals surface area contributed by atoms with E-state index in [1.165, 1.54) is 11.3 Å². The summed E-state index contributed by atoms with van der Waals surface area (Å²) in [6, 6.07) is 7.53. The van der Waals surface area contributed by atoms with Crippen molar-refractivity contribution in [3.63, 3.8) is 0 Å². The summed E-state index contributed by atoms with van der Waals surface area (Å²) < 4.78 is 10.7. The van der Waals surface area contributed by atoms with Crippen molar-refractivity contribution in [2.45, 2.75) is 13.3 Å². The Morgan fingerprint density at radius 1 is 1.29 bits per heavy atom. The normalized spacial score (nSPS) is 10.8. The molecule has 7 heteroatoms. The molecule has 0 aliphatic rings. The second-order valence-electron chi connectivity index (χ2n) is 4.30. The molecule has 0 amide bonds. The third-order valence-corrected chi connectivity index (χ3v) is 3.93. The fraction of sp³-hybridized carbons (Fsp3) is 0.214. The highest BCUT2D eigenvalue weighted by atomic mass is 32.1. The van der Waals surface area contributed by atoms with Crippen LogP contribution in [-0.2, 0) is 6.42 Å². The second-order valence-corrected chi connectivity index (χ2v) is 5.34. The third kappa shape index (κ3) is 2.47. The fourth-order valence-electron chi connectivity index (χ4n) is 2.03. The zero-order chi connectivity index (χ0) is 14.8. The molecule has 0 unspecified atom stereocenters. The highest BCUT2D eigenvalue weighted by molar-refractivity contribution is 7.18. The van der Waals surface area contributed by atoms with Crippen molar-refractivity contribution in [2.24, 2.45) is 0 Å². The van der Waals surface area contributed by atoms with E-state index in [0.29, 0.717) is 22.6 Å². The highest BCUT2D eigenvalue weighted by Gasteiger charge is 2.19. The Bertz CT molecular complexity index is 766. The van der Waals surface area contributed by atoms with Crippen LogP contribution < -0.4 is 10.5 Å². The number of hydrogen-bond acceptors (Lipinski definition) is 7. The number of benzene rings is 1. The molecular weight excluding hydrogens is 288 g/mol. The molecule has 0 saturated carbocycles. The third-order valence-electron chi connectivity index (χ3n) is 3.02. The van der Waals surface area contributed by atoms with E-state index in [4.69, 9.17) is 15.0 Å². The van der Waals surface area contributed by atoms with E-state index in [1.807, 2.05) is 31.2 Å². The van der Waals surface area contributed by atoms with Gasteiger partial charge in [-0.2, -0.15) is 4.98 Å². The summed E-state index contributed by atoms with van der Waals surface area (Å²) in [6.45, 7) is 2.01. The van der Waals surface area contributed by atoms with Crippen LogP contribution in [0.1, 0.15) is 12.6 Å². The van der Waals surface area contributed by atoms with Gasteiger partial charge in [-0.3, -0.25) is 0 Å². The maximum absolute atomic E-state index is 5.75. The number of rotatable bonds is 4. The van der Waals surface area contributed by atoms with Crippen LogP contribution in [0.25, 0.3) is 22.2 Å². The van der Waals surface area contributed by atoms with Crippen LogP contribution in [0.4, 0.5) is 5.13 Å². The standard InChI is InChI=1S/C14H14N4O2S/c1-3-9-11(21-14(15)16-9)13-17-12(18-20-13)8-6-4-5-7-10(8)19-2/h4-7H,3H2,1-2H3,(H2,15,16). The molecule has 2 heterocycles. The molecule has 0 aliphatic carbocycles. The van der Waals surface area contributed by atoms with Crippen molar-refractivity contribution >= 4 is 16.5 Å². The number of ether oxygens (including phenoxy) is 1. The monoisotopic (exact) mass is 302 g/mol. The van der Waals surface area contributed by atoms with Gasteiger partial charge in [-0.25, -0.2) is 4.98 Å². The van der Waals surface area contributed by atoms with Crippen LogP contribution in [0.3, 0.4) is 0 Å². The SMILES string of the molecule is CCc1nc(N)sc1-c1nc(-c2ccccc2OC)no1. The number of hydrogen-bond donors (Lipinski definition) is 1. The molecule has 3 aromatic rings. The van der Waals surface area contributed by atoms with Crippen molar-refractivity contribution in [1.82, 2.24) is 15.1 Å². The summed E-state index contributed by atoms with van der Waals surface area (Å²) in [4.78, 5) is 9.53. The lowest BCUT2D eigenvalue weighted by Crippen LogP contribution is -1.89. The summed E-state index contributed by atoms with van der Waals surface area (Å²) in [6.07, 6.45) is 0.759. The number of aryl methyl sites for hydroxylation is 1. The largest absolute Gasteiger partial charge is 0.496 e. The van der Waals surface area contributed by atoms with E-state index < -0.39 is 0 Å². The van der Waals surface area contributed by atoms with Gasteiger partial charge in [0.15, 0.2) is 5.13 Å². The molecule has 2 aromatic heterocycles. The molecule has 108 valence electrons. The van der Waals surface area contributed by atoms with Gasteiger partial charge < -0.3 is 15.0 Å². The van der Waals surface area contributed by atoms with Crippen LogP contribution in [0.5, 0.6) is 5.75 Å². The number of nitrogen functional groups attached to an aromatic ring is 1. The first-order valence-electron chi connectivity index (χ1n) is 6.45. The van der Waals surface area contributed by atoms with Crippen molar-refractivity contribution in [1.29, 1.82) is 0 Å². The van der Waals surface area contributed by atoms with Crippen LogP contribution in [0, 0.1) is 0 Å². The fourth-order valence-corrected chi connectivity index (χ4v) is 2.87. The molecule has 0 bridgehead atoms. The number of nitrogens with two attached hydrogens (primary N) is 1. The van der Waals surface area contributed by atoms with Crippen LogP contribution >= 0.6 is 11.3 Å². The van der Waals surface area contributed by atoms with E-state index in [-0.39, 0.29) is 0 Å². The lowest BCUT2D eigenvalue weighted by molar-refractivity contribution is 0.413. The lowest BCUT2D eigenvalue weighted by atomic mass is 10.2. The van der Waals surface area contributed by atoms with Crippen molar-refractivity contribution in [2.75, 3.05) is 12.8 Å². The Labute approximate surface area is 125 Å². The second kappa shape index (κ2) is 5.53. The average molecular weight is 302 g/mol. The summed E-state index contributed by atoms with van der Waals surface area (Å²) >= 11 is 1.35. The number of anilines is 1. The van der Waals surface area contributed by atoms with Gasteiger partial charge in [-0.1, -0.05) is 35.5 Å². The first-order valence-corrected chi connectivity index (χ1v) is 7.27. The number of nitrogens with zero attached hydrogens (tertiary/aromatic N) is 3. The first kappa shape index (κ1) is 13.6. The Morgan fingerprint density at radius 2 is 2.10 bits per heavy atom. The molecule has 0 atom stereocenters. The highest BCUT2D eigenvalue weighted by Crippen LogP contribution is 2.33. The minimum atomic E-state index is 0.432. The van der Waals surface area contributed by atoms with Gasteiger partial charge in [0.25, 0.3) is 5.89 Å². The van der Waals surface area contributed by atoms with Gasteiger partial charge in [0.2, 0.25) is 5.82 Å². The molecule has 0 spiro atoms. The van der Waals surface area contributed by atoms with Gasteiger partial charge in [0, 0.05) is 0 Å². The summed E-state index contributed by atoms with van der Waals surface area (Å²) in [5, 5.41) is 4.53. The van der Waals surface area contributed by atoms with Crippen LogP contribution in [0.2, 0.25) is 0 Å². The number of thiazole rings is 1. The predicted molar refractivity (Wildman–Crippen MR) is 81.2 cm³/mol. The Hall–Kier alpha value is -2.41. The van der Waals surface area contributed by atoms with Crippen LogP contribution in [-0.4, -0.2) is 22.2 Å².